The van der Waals surface area contributed by atoms with Crippen LogP contribution in [0.25, 0.3) is 10.1 Å². The molecule has 46 heavy (non-hydrogen) atoms. The van der Waals surface area contributed by atoms with Crippen molar-refractivity contribution in [3.8, 4) is 11.5 Å². The lowest BCUT2D eigenvalue weighted by Crippen LogP contribution is -2.52. The molecule has 9 nitrogen and oxygen atoms in total. The predicted molar refractivity (Wildman–Crippen MR) is 183 cm³/mol. The third-order valence-corrected chi connectivity index (χ3v) is 10.1. The molecule has 3 heterocycles. The highest BCUT2D eigenvalue weighted by atomic mass is 32.1. The molecule has 0 bridgehead atoms. The fourth-order valence-corrected chi connectivity index (χ4v) is 7.99. The Kier molecular flexibility index (Phi) is 7.84. The molecule has 1 amide bonds. The number of benzene rings is 3. The summed E-state index contributed by atoms with van der Waals surface area (Å²) in [6.07, 6.45) is 1.13. The lowest BCUT2D eigenvalue weighted by molar-refractivity contribution is -0.130. The highest BCUT2D eigenvalue weighted by molar-refractivity contribution is 7.13. The van der Waals surface area contributed by atoms with Crippen LogP contribution in [0.5, 0.6) is 11.5 Å². The number of aromatic nitrogens is 1. The van der Waals surface area contributed by atoms with Gasteiger partial charge in [0, 0.05) is 54.8 Å². The van der Waals surface area contributed by atoms with Gasteiger partial charge in [-0.05, 0) is 53.7 Å². The standard InChI is InChI=1S/C36H39N5O4S/c1-36(2)20-26-32(28(42)21-36)33(24-11-9-14-29(44-3)34(24)45-4)41(27-13-7-6-12-25(27)37-26)22-31(43)39-16-18-40(19-17-39)35-23-10-5-8-15-30(23)46-38-35/h5-15,33,37H,16-22H2,1-4H3. The summed E-state index contributed by atoms with van der Waals surface area (Å²) in [7, 11) is 3.23. The largest absolute Gasteiger partial charge is 0.493 e. The Labute approximate surface area is 273 Å². The van der Waals surface area contributed by atoms with Gasteiger partial charge >= 0.3 is 0 Å². The Morgan fingerprint density at radius 2 is 1.72 bits per heavy atom. The van der Waals surface area contributed by atoms with Crippen molar-refractivity contribution in [1.82, 2.24) is 9.27 Å². The zero-order chi connectivity index (χ0) is 32.0. The number of anilines is 3. The van der Waals surface area contributed by atoms with E-state index in [4.69, 9.17) is 13.8 Å². The number of amides is 1. The number of piperazine rings is 1. The summed E-state index contributed by atoms with van der Waals surface area (Å²) in [6.45, 7) is 6.94. The Balaban J connectivity index is 1.25. The molecule has 10 heteroatoms. The number of ketones is 1. The number of para-hydroxylation sites is 3. The van der Waals surface area contributed by atoms with Gasteiger partial charge < -0.3 is 29.5 Å². The first kappa shape index (κ1) is 30.1. The number of methoxy groups -OCH3 is 2. The van der Waals surface area contributed by atoms with Crippen LogP contribution in [0.3, 0.4) is 0 Å². The second kappa shape index (κ2) is 12.0. The van der Waals surface area contributed by atoms with E-state index in [1.54, 1.807) is 14.2 Å². The fraction of sp³-hybridized carbons (Fsp3) is 0.361. The average Bonchev–Trinajstić information content (AvgIpc) is 3.44. The normalized spacial score (nSPS) is 19.3. The van der Waals surface area contributed by atoms with Crippen LogP contribution in [0.1, 0.15) is 38.3 Å². The number of hydrogen-bond donors (Lipinski definition) is 1. The average molecular weight is 638 g/mol. The van der Waals surface area contributed by atoms with E-state index in [0.29, 0.717) is 56.1 Å². The molecule has 1 aliphatic carbocycles. The van der Waals surface area contributed by atoms with E-state index in [9.17, 15) is 9.59 Å². The van der Waals surface area contributed by atoms with Gasteiger partial charge in [0.15, 0.2) is 17.3 Å². The van der Waals surface area contributed by atoms with Crippen molar-refractivity contribution in [3.63, 3.8) is 0 Å². The van der Waals surface area contributed by atoms with Gasteiger partial charge in [0.2, 0.25) is 5.91 Å². The van der Waals surface area contributed by atoms with Crippen LogP contribution < -0.4 is 24.6 Å². The molecular formula is C36H39N5O4S. The second-order valence-corrected chi connectivity index (χ2v) is 13.8. The van der Waals surface area contributed by atoms with Gasteiger partial charge in [-0.1, -0.05) is 50.2 Å². The van der Waals surface area contributed by atoms with Crippen LogP contribution in [0.4, 0.5) is 17.2 Å². The molecule has 3 aromatic carbocycles. The molecule has 1 fully saturated rings. The van der Waals surface area contributed by atoms with Gasteiger partial charge in [0.05, 0.1) is 42.9 Å². The summed E-state index contributed by atoms with van der Waals surface area (Å²) in [4.78, 5) is 34.7. The van der Waals surface area contributed by atoms with E-state index >= 15 is 0 Å². The SMILES string of the molecule is COc1cccc(C2C3=C(CC(C)(C)CC3=O)Nc3ccccc3N2CC(=O)N2CCN(c3nsc4ccccc34)CC2)c1OC. The summed E-state index contributed by atoms with van der Waals surface area (Å²) in [6, 6.07) is 21.5. The summed E-state index contributed by atoms with van der Waals surface area (Å²) < 4.78 is 17.5. The smallest absolute Gasteiger partial charge is 0.242 e. The molecule has 1 unspecified atom stereocenters. The van der Waals surface area contributed by atoms with Crippen LogP contribution in [0.15, 0.2) is 78.0 Å². The molecule has 2 aliphatic heterocycles. The molecular weight excluding hydrogens is 598 g/mol. The van der Waals surface area contributed by atoms with Crippen molar-refractivity contribution in [2.75, 3.05) is 62.1 Å². The van der Waals surface area contributed by atoms with Gasteiger partial charge in [-0.25, -0.2) is 0 Å². The monoisotopic (exact) mass is 637 g/mol. The predicted octanol–water partition coefficient (Wildman–Crippen LogP) is 6.28. The molecule has 7 rings (SSSR count). The Hall–Kier alpha value is -4.57. The van der Waals surface area contributed by atoms with Gasteiger partial charge in [0.1, 0.15) is 5.82 Å². The van der Waals surface area contributed by atoms with Crippen molar-refractivity contribution in [3.05, 3.63) is 83.6 Å². The molecule has 1 aromatic heterocycles. The summed E-state index contributed by atoms with van der Waals surface area (Å²) >= 11 is 1.51. The summed E-state index contributed by atoms with van der Waals surface area (Å²) in [5.41, 5.74) is 3.89. The number of carbonyl (C=O) groups excluding carboxylic acids is 2. The molecule has 0 saturated carbocycles. The number of Topliss-reactive ketones (excluding diaryl/α,β-unsaturated/α-hetero) is 1. The number of nitrogens with one attached hydrogen (secondary N) is 1. The number of nitrogens with zero attached hydrogens (tertiary/aromatic N) is 4. The van der Waals surface area contributed by atoms with Crippen LogP contribution in [-0.2, 0) is 9.59 Å². The van der Waals surface area contributed by atoms with Gasteiger partial charge in [-0.3, -0.25) is 9.59 Å². The Bertz CT molecular complexity index is 1840. The molecule has 238 valence electrons. The number of fused-ring (bicyclic) bond motifs is 2. The first-order valence-corrected chi connectivity index (χ1v) is 16.5. The minimum Gasteiger partial charge on any atom is -0.493 e. The first-order chi connectivity index (χ1) is 22.3. The van der Waals surface area contributed by atoms with Crippen molar-refractivity contribution >= 4 is 50.5 Å². The number of rotatable bonds is 6. The van der Waals surface area contributed by atoms with Crippen LogP contribution >= 0.6 is 11.5 Å². The zero-order valence-corrected chi connectivity index (χ0v) is 27.5. The number of ether oxygens (including phenoxy) is 2. The van der Waals surface area contributed by atoms with E-state index in [-0.39, 0.29) is 23.7 Å². The Morgan fingerprint density at radius 3 is 2.50 bits per heavy atom. The van der Waals surface area contributed by atoms with E-state index in [0.717, 1.165) is 38.5 Å². The molecule has 0 radical (unpaired) electrons. The number of allylic oxidation sites excluding steroid dienone is 1. The van der Waals surface area contributed by atoms with Crippen LogP contribution in [0.2, 0.25) is 0 Å². The summed E-state index contributed by atoms with van der Waals surface area (Å²) in [5, 5.41) is 4.79. The Morgan fingerprint density at radius 1 is 0.957 bits per heavy atom. The van der Waals surface area contributed by atoms with Crippen molar-refractivity contribution in [2.24, 2.45) is 5.41 Å². The topological polar surface area (TPSA) is 87.2 Å². The molecule has 0 spiro atoms. The van der Waals surface area contributed by atoms with E-state index in [2.05, 4.69) is 41.1 Å². The van der Waals surface area contributed by atoms with Gasteiger partial charge in [-0.15, -0.1) is 0 Å². The number of hydrogen-bond acceptors (Lipinski definition) is 9. The maximum absolute atomic E-state index is 14.3. The van der Waals surface area contributed by atoms with Crippen LogP contribution in [-0.4, -0.2) is 67.9 Å². The van der Waals surface area contributed by atoms with Gasteiger partial charge in [0.25, 0.3) is 0 Å². The third-order valence-electron chi connectivity index (χ3n) is 9.33. The molecule has 1 atom stereocenters. The lowest BCUT2D eigenvalue weighted by Gasteiger charge is -2.40. The third kappa shape index (κ3) is 5.34. The maximum atomic E-state index is 14.3. The number of carbonyl (C=O) groups is 2. The highest BCUT2D eigenvalue weighted by Gasteiger charge is 2.43. The lowest BCUT2D eigenvalue weighted by atomic mass is 9.73. The van der Waals surface area contributed by atoms with E-state index in [1.807, 2.05) is 59.5 Å². The van der Waals surface area contributed by atoms with Gasteiger partial charge in [-0.2, -0.15) is 4.37 Å². The summed E-state index contributed by atoms with van der Waals surface area (Å²) in [5.74, 6) is 2.21. The maximum Gasteiger partial charge on any atom is 0.242 e. The van der Waals surface area contributed by atoms with Crippen LogP contribution in [0, 0.1) is 5.41 Å². The minimum absolute atomic E-state index is 0.0112. The highest BCUT2D eigenvalue weighted by Crippen LogP contribution is 2.50. The van der Waals surface area contributed by atoms with E-state index < -0.39 is 6.04 Å². The van der Waals surface area contributed by atoms with Crippen molar-refractivity contribution < 1.29 is 19.1 Å². The van der Waals surface area contributed by atoms with Crippen molar-refractivity contribution in [2.45, 2.75) is 32.7 Å². The molecule has 3 aliphatic rings. The quantitative estimate of drug-likeness (QED) is 0.265. The fourth-order valence-electron chi connectivity index (χ4n) is 7.19. The molecule has 1 N–H and O–H groups in total. The second-order valence-electron chi connectivity index (χ2n) is 13.0. The van der Waals surface area contributed by atoms with E-state index in [1.165, 1.54) is 11.5 Å². The minimum atomic E-state index is -0.564. The first-order valence-electron chi connectivity index (χ1n) is 15.7. The van der Waals surface area contributed by atoms with Crippen molar-refractivity contribution in [1.29, 1.82) is 0 Å². The molecule has 1 saturated heterocycles. The zero-order valence-electron chi connectivity index (χ0n) is 26.7. The molecule has 4 aromatic rings.